The topological polar surface area (TPSA) is 49.3 Å². The van der Waals surface area contributed by atoms with E-state index >= 15 is 0 Å². The Morgan fingerprint density at radius 3 is 2.67 bits per heavy atom. The van der Waals surface area contributed by atoms with E-state index in [1.807, 2.05) is 0 Å². The first-order valence-electron chi connectivity index (χ1n) is 8.15. The summed E-state index contributed by atoms with van der Waals surface area (Å²) in [6.07, 6.45) is 6.38. The molecule has 2 unspecified atom stereocenters. The van der Waals surface area contributed by atoms with E-state index in [9.17, 15) is 9.90 Å². The molecule has 0 spiro atoms. The molecule has 2 N–H and O–H groups in total. The molecule has 0 bridgehead atoms. The van der Waals surface area contributed by atoms with E-state index in [-0.39, 0.29) is 17.9 Å². The van der Waals surface area contributed by atoms with E-state index in [0.717, 1.165) is 38.5 Å². The van der Waals surface area contributed by atoms with Crippen LogP contribution >= 0.6 is 0 Å². The van der Waals surface area contributed by atoms with E-state index < -0.39 is 0 Å². The monoisotopic (exact) mass is 289 g/mol. The minimum atomic E-state index is -0.216. The van der Waals surface area contributed by atoms with Gasteiger partial charge in [-0.15, -0.1) is 0 Å². The van der Waals surface area contributed by atoms with Crippen LogP contribution in [0.5, 0.6) is 0 Å². The molecule has 0 aromatic heterocycles. The number of benzene rings is 1. The molecule has 0 heterocycles. The predicted octanol–water partition coefficient (Wildman–Crippen LogP) is 2.99. The maximum absolute atomic E-state index is 11.8. The quantitative estimate of drug-likeness (QED) is 0.758. The number of carbonyl (C=O) groups excluding carboxylic acids is 1. The highest BCUT2D eigenvalue weighted by Gasteiger charge is 2.25. The van der Waals surface area contributed by atoms with Gasteiger partial charge in [-0.25, -0.2) is 0 Å². The Kier molecular flexibility index (Phi) is 6.24. The van der Waals surface area contributed by atoms with E-state index in [0.29, 0.717) is 13.0 Å². The molecule has 1 fully saturated rings. The fraction of sp³-hybridized carbons (Fsp3) is 0.611. The smallest absolute Gasteiger partial charge is 0.220 e. The highest BCUT2D eigenvalue weighted by molar-refractivity contribution is 5.75. The zero-order chi connectivity index (χ0) is 15.1. The van der Waals surface area contributed by atoms with E-state index in [4.69, 9.17) is 0 Å². The number of amides is 1. The summed E-state index contributed by atoms with van der Waals surface area (Å²) in [5, 5.41) is 12.7. The second-order valence-corrected chi connectivity index (χ2v) is 6.26. The van der Waals surface area contributed by atoms with Crippen LogP contribution < -0.4 is 5.32 Å². The van der Waals surface area contributed by atoms with Gasteiger partial charge in [0, 0.05) is 18.9 Å². The summed E-state index contributed by atoms with van der Waals surface area (Å²) < 4.78 is 0. The Hall–Kier alpha value is -1.35. The van der Waals surface area contributed by atoms with Crippen LogP contribution in [0, 0.1) is 12.8 Å². The number of aliphatic hydroxyl groups excluding tert-OH is 1. The van der Waals surface area contributed by atoms with Crippen molar-refractivity contribution in [1.82, 2.24) is 5.32 Å². The largest absolute Gasteiger partial charge is 0.393 e. The fourth-order valence-corrected chi connectivity index (χ4v) is 2.96. The lowest BCUT2D eigenvalue weighted by atomic mass is 10.0. The molecule has 1 saturated carbocycles. The van der Waals surface area contributed by atoms with Gasteiger partial charge in [-0.3, -0.25) is 4.79 Å². The van der Waals surface area contributed by atoms with Crippen molar-refractivity contribution in [2.24, 2.45) is 5.92 Å². The maximum Gasteiger partial charge on any atom is 0.220 e. The van der Waals surface area contributed by atoms with Gasteiger partial charge in [-0.1, -0.05) is 36.2 Å². The van der Waals surface area contributed by atoms with Crippen molar-refractivity contribution in [2.45, 2.75) is 58.0 Å². The minimum absolute atomic E-state index is 0.123. The van der Waals surface area contributed by atoms with Crippen LogP contribution in [0.3, 0.4) is 0 Å². The zero-order valence-corrected chi connectivity index (χ0v) is 13.0. The molecule has 21 heavy (non-hydrogen) atoms. The first-order valence-corrected chi connectivity index (χ1v) is 8.15. The Labute approximate surface area is 127 Å². The molecule has 1 aromatic rings. The zero-order valence-electron chi connectivity index (χ0n) is 13.0. The van der Waals surface area contributed by atoms with Crippen LogP contribution in [0.2, 0.25) is 0 Å². The Bertz CT molecular complexity index is 441. The van der Waals surface area contributed by atoms with E-state index in [1.165, 1.54) is 11.1 Å². The lowest BCUT2D eigenvalue weighted by molar-refractivity contribution is -0.121. The van der Waals surface area contributed by atoms with Gasteiger partial charge in [0.15, 0.2) is 0 Å². The van der Waals surface area contributed by atoms with Gasteiger partial charge in [0.1, 0.15) is 0 Å². The molecule has 1 aliphatic carbocycles. The maximum atomic E-state index is 11.8. The third-order valence-electron chi connectivity index (χ3n) is 4.42. The van der Waals surface area contributed by atoms with Gasteiger partial charge in [-0.2, -0.15) is 0 Å². The second-order valence-electron chi connectivity index (χ2n) is 6.26. The SMILES string of the molecule is Cc1ccc(CCCCC(=O)NCC2CCCC2O)cc1. The summed E-state index contributed by atoms with van der Waals surface area (Å²) in [5.41, 5.74) is 2.63. The molecule has 3 nitrogen and oxygen atoms in total. The summed E-state index contributed by atoms with van der Waals surface area (Å²) >= 11 is 0. The highest BCUT2D eigenvalue weighted by Crippen LogP contribution is 2.24. The van der Waals surface area contributed by atoms with Crippen LogP contribution in [0.4, 0.5) is 0 Å². The first kappa shape index (κ1) is 16.0. The normalized spacial score (nSPS) is 21.4. The average Bonchev–Trinajstić information content (AvgIpc) is 2.89. The summed E-state index contributed by atoms with van der Waals surface area (Å²) in [5.74, 6) is 0.388. The van der Waals surface area contributed by atoms with Crippen LogP contribution in [0.1, 0.15) is 49.7 Å². The number of rotatable bonds is 7. The van der Waals surface area contributed by atoms with Crippen molar-refractivity contribution < 1.29 is 9.90 Å². The van der Waals surface area contributed by atoms with Gasteiger partial charge >= 0.3 is 0 Å². The predicted molar refractivity (Wildman–Crippen MR) is 85.1 cm³/mol. The first-order chi connectivity index (χ1) is 10.1. The molecule has 1 amide bonds. The summed E-state index contributed by atoms with van der Waals surface area (Å²) in [6.45, 7) is 2.73. The van der Waals surface area contributed by atoms with Crippen molar-refractivity contribution in [3.05, 3.63) is 35.4 Å². The molecule has 0 saturated heterocycles. The van der Waals surface area contributed by atoms with E-state index in [2.05, 4.69) is 36.5 Å². The van der Waals surface area contributed by atoms with Crippen LogP contribution in [-0.4, -0.2) is 23.7 Å². The number of hydrogen-bond donors (Lipinski definition) is 2. The molecule has 1 aromatic carbocycles. The van der Waals surface area contributed by atoms with Gasteiger partial charge in [0.25, 0.3) is 0 Å². The van der Waals surface area contributed by atoms with Crippen molar-refractivity contribution in [1.29, 1.82) is 0 Å². The third kappa shape index (κ3) is 5.50. The molecule has 0 radical (unpaired) electrons. The number of nitrogens with one attached hydrogen (secondary N) is 1. The molecule has 3 heteroatoms. The second kappa shape index (κ2) is 8.18. The van der Waals surface area contributed by atoms with E-state index in [1.54, 1.807) is 0 Å². The Morgan fingerprint density at radius 1 is 1.24 bits per heavy atom. The standard InChI is InChI=1S/C18H27NO2/c1-14-9-11-15(12-10-14)5-2-3-8-18(21)19-13-16-6-4-7-17(16)20/h9-12,16-17,20H,2-8,13H2,1H3,(H,19,21). The number of carbonyl (C=O) groups is 1. The molecular formula is C18H27NO2. The minimum Gasteiger partial charge on any atom is -0.393 e. The molecule has 2 atom stereocenters. The Balaban J connectivity index is 1.55. The molecular weight excluding hydrogens is 262 g/mol. The number of unbranched alkanes of at least 4 members (excludes halogenated alkanes) is 1. The van der Waals surface area contributed by atoms with Crippen molar-refractivity contribution in [3.63, 3.8) is 0 Å². The molecule has 116 valence electrons. The van der Waals surface area contributed by atoms with Gasteiger partial charge < -0.3 is 10.4 Å². The summed E-state index contributed by atoms with van der Waals surface area (Å²) in [7, 11) is 0. The Morgan fingerprint density at radius 2 is 2.00 bits per heavy atom. The highest BCUT2D eigenvalue weighted by atomic mass is 16.3. The third-order valence-corrected chi connectivity index (χ3v) is 4.42. The van der Waals surface area contributed by atoms with Crippen LogP contribution in [-0.2, 0) is 11.2 Å². The molecule has 0 aliphatic heterocycles. The van der Waals surface area contributed by atoms with Gasteiger partial charge in [0.05, 0.1) is 6.10 Å². The molecule has 1 aliphatic rings. The number of aryl methyl sites for hydroxylation is 2. The van der Waals surface area contributed by atoms with Gasteiger partial charge in [0.2, 0.25) is 5.91 Å². The van der Waals surface area contributed by atoms with Crippen molar-refractivity contribution in [2.75, 3.05) is 6.54 Å². The van der Waals surface area contributed by atoms with Gasteiger partial charge in [-0.05, 0) is 44.6 Å². The number of aliphatic hydroxyl groups is 1. The fourth-order valence-electron chi connectivity index (χ4n) is 2.96. The van der Waals surface area contributed by atoms with Crippen molar-refractivity contribution >= 4 is 5.91 Å². The van der Waals surface area contributed by atoms with Crippen molar-refractivity contribution in [3.8, 4) is 0 Å². The molecule has 2 rings (SSSR count). The average molecular weight is 289 g/mol. The number of hydrogen-bond acceptors (Lipinski definition) is 2. The van der Waals surface area contributed by atoms with Crippen LogP contribution in [0.25, 0.3) is 0 Å². The summed E-state index contributed by atoms with van der Waals surface area (Å²) in [6, 6.07) is 8.59. The lowest BCUT2D eigenvalue weighted by Crippen LogP contribution is -2.32. The van der Waals surface area contributed by atoms with Crippen LogP contribution in [0.15, 0.2) is 24.3 Å². The summed E-state index contributed by atoms with van der Waals surface area (Å²) in [4.78, 5) is 11.8. The lowest BCUT2D eigenvalue weighted by Gasteiger charge is -2.14.